The molecule has 0 saturated carbocycles. The van der Waals surface area contributed by atoms with Gasteiger partial charge >= 0.3 is 13.4 Å². The molecule has 1 saturated heterocycles. The lowest BCUT2D eigenvalue weighted by Gasteiger charge is -2.26. The molecule has 14 heteroatoms. The summed E-state index contributed by atoms with van der Waals surface area (Å²) in [7, 11) is -0.898. The normalized spacial score (nSPS) is 28.6. The van der Waals surface area contributed by atoms with Crippen LogP contribution >= 0.6 is 19.5 Å². The molecule has 0 radical (unpaired) electrons. The summed E-state index contributed by atoms with van der Waals surface area (Å²) in [6.45, 7) is 1.90. The van der Waals surface area contributed by atoms with Crippen LogP contribution in [-0.4, -0.2) is 75.4 Å². The van der Waals surface area contributed by atoms with Gasteiger partial charge in [0.2, 0.25) is 0 Å². The molecule has 0 aliphatic carbocycles. The van der Waals surface area contributed by atoms with Gasteiger partial charge in [0.05, 0.1) is 13.2 Å². The van der Waals surface area contributed by atoms with Crippen molar-refractivity contribution in [2.24, 2.45) is 0 Å². The van der Waals surface area contributed by atoms with E-state index in [4.69, 9.17) is 13.8 Å². The molecule has 2 heterocycles. The molecule has 0 spiro atoms. The third-order valence-electron chi connectivity index (χ3n) is 4.36. The molecule has 30 heavy (non-hydrogen) atoms. The number of carbonyl (C=O) groups excluding carboxylic acids is 1. The fourth-order valence-corrected chi connectivity index (χ4v) is 4.51. The van der Waals surface area contributed by atoms with E-state index in [-0.39, 0.29) is 17.5 Å². The van der Waals surface area contributed by atoms with Gasteiger partial charge in [-0.2, -0.15) is 0 Å². The van der Waals surface area contributed by atoms with E-state index in [1.165, 1.54) is 25.7 Å². The first-order chi connectivity index (χ1) is 13.9. The van der Waals surface area contributed by atoms with Crippen LogP contribution in [0.25, 0.3) is 0 Å². The van der Waals surface area contributed by atoms with Crippen LogP contribution in [0.1, 0.15) is 20.1 Å². The Hall–Kier alpha value is -1.34. The molecule has 0 amide bonds. The van der Waals surface area contributed by atoms with Gasteiger partial charge in [0.15, 0.2) is 17.0 Å². The number of nitrogens with zero attached hydrogens (tertiary/aromatic N) is 2. The highest BCUT2D eigenvalue weighted by atomic mass is 32.2. The third-order valence-corrected chi connectivity index (χ3v) is 7.10. The van der Waals surface area contributed by atoms with Crippen LogP contribution in [0.4, 0.5) is 4.39 Å². The monoisotopic (exact) mass is 469 g/mol. The molecule has 5 atom stereocenters. The predicted molar refractivity (Wildman–Crippen MR) is 107 cm³/mol. The molecule has 2 N–H and O–H groups in total. The summed E-state index contributed by atoms with van der Waals surface area (Å²) in [5, 5.41) is 10.2. The number of aliphatic hydroxyl groups excluding tert-OH is 1. The van der Waals surface area contributed by atoms with Crippen molar-refractivity contribution in [2.75, 3.05) is 33.1 Å². The van der Waals surface area contributed by atoms with Crippen molar-refractivity contribution in [3.05, 3.63) is 33.1 Å². The molecule has 1 aliphatic rings. The van der Waals surface area contributed by atoms with Gasteiger partial charge in [-0.3, -0.25) is 28.2 Å². The van der Waals surface area contributed by atoms with Gasteiger partial charge < -0.3 is 9.84 Å². The fourth-order valence-electron chi connectivity index (χ4n) is 2.74. The maximum absolute atomic E-state index is 15.2. The summed E-state index contributed by atoms with van der Waals surface area (Å²) in [5.41, 5.74) is -3.98. The minimum absolute atomic E-state index is 0.0377. The molecule has 2 unspecified atom stereocenters. The topological polar surface area (TPSA) is 140 Å². The van der Waals surface area contributed by atoms with Crippen molar-refractivity contribution in [2.45, 2.75) is 38.0 Å². The summed E-state index contributed by atoms with van der Waals surface area (Å²) in [4.78, 5) is 36.2. The average Bonchev–Trinajstić information content (AvgIpc) is 2.87. The quantitative estimate of drug-likeness (QED) is 0.388. The number of alkyl halides is 1. The number of ether oxygens (including phenoxy) is 1. The van der Waals surface area contributed by atoms with E-state index < -0.39 is 49.7 Å². The molecule has 1 fully saturated rings. The molecule has 0 bridgehead atoms. The number of aromatic nitrogens is 2. The second-order valence-electron chi connectivity index (χ2n) is 6.93. The molecule has 1 aliphatic heterocycles. The van der Waals surface area contributed by atoms with Crippen LogP contribution in [0.2, 0.25) is 0 Å². The first kappa shape index (κ1) is 24.9. The summed E-state index contributed by atoms with van der Waals surface area (Å²) in [6.07, 6.45) is -3.48. The number of aliphatic hydroxyl groups is 1. The summed E-state index contributed by atoms with van der Waals surface area (Å²) < 4.78 is 46.2. The zero-order valence-electron chi connectivity index (χ0n) is 16.9. The number of hydrogen-bond donors (Lipinski definition) is 2. The Labute approximate surface area is 176 Å². The Morgan fingerprint density at radius 1 is 1.47 bits per heavy atom. The van der Waals surface area contributed by atoms with Crippen molar-refractivity contribution in [3.63, 3.8) is 0 Å². The number of carbonyl (C=O) groups is 1. The van der Waals surface area contributed by atoms with Crippen molar-refractivity contribution in [1.82, 2.24) is 14.2 Å². The maximum atomic E-state index is 15.2. The van der Waals surface area contributed by atoms with Gasteiger partial charge in [0.25, 0.3) is 5.56 Å². The fraction of sp³-hybridized carbons (Fsp3) is 0.688. The summed E-state index contributed by atoms with van der Waals surface area (Å²) in [5.74, 6) is 0.263. The Morgan fingerprint density at radius 3 is 2.70 bits per heavy atom. The van der Waals surface area contributed by atoms with Gasteiger partial charge in [-0.05, 0) is 21.0 Å². The minimum atomic E-state index is -3.80. The molecule has 1 aromatic rings. The number of nitrogens with one attached hydrogen (secondary N) is 1. The van der Waals surface area contributed by atoms with Crippen molar-refractivity contribution >= 4 is 24.6 Å². The van der Waals surface area contributed by atoms with Crippen molar-refractivity contribution < 1.29 is 32.6 Å². The lowest BCUT2D eigenvalue weighted by Crippen LogP contribution is -2.43. The highest BCUT2D eigenvalue weighted by Gasteiger charge is 2.55. The SMILES string of the molecule is CC(=O)SCCOP(=O)(OC[C@H]1O[C@@H](n2ccc(=O)[nH]c2=O)[C@@](C)(F)C1O)N(C)C. The smallest absolute Gasteiger partial charge is 0.387 e. The van der Waals surface area contributed by atoms with Crippen molar-refractivity contribution in [3.8, 4) is 0 Å². The van der Waals surface area contributed by atoms with Crippen LogP contribution in [0.3, 0.4) is 0 Å². The minimum Gasteiger partial charge on any atom is -0.387 e. The van der Waals surface area contributed by atoms with Gasteiger partial charge in [0.1, 0.15) is 12.2 Å². The number of aromatic amines is 1. The predicted octanol–water partition coefficient (Wildman–Crippen LogP) is 0.506. The molecule has 0 aromatic carbocycles. The Balaban J connectivity index is 2.10. The van der Waals surface area contributed by atoms with Crippen LogP contribution < -0.4 is 11.2 Å². The van der Waals surface area contributed by atoms with E-state index in [9.17, 15) is 24.1 Å². The van der Waals surface area contributed by atoms with E-state index in [0.29, 0.717) is 0 Å². The Bertz CT molecular complexity index is 920. The van der Waals surface area contributed by atoms with E-state index in [2.05, 4.69) is 0 Å². The van der Waals surface area contributed by atoms with E-state index in [1.54, 1.807) is 0 Å². The lowest BCUT2D eigenvalue weighted by atomic mass is 9.98. The number of H-pyrrole nitrogens is 1. The Morgan fingerprint density at radius 2 is 2.13 bits per heavy atom. The first-order valence-electron chi connectivity index (χ1n) is 8.92. The standard InChI is InChI=1S/C16H25FN3O8PS/c1-10(21)30-8-7-26-29(25,19(3)4)27-9-11-13(23)16(2,17)14(28-11)20-6-5-12(22)18-15(20)24/h5-6,11,13-14,23H,7-9H2,1-4H3,(H,18,22,24)/t11-,13?,14-,16+,29?/m1/s1. The number of halogens is 1. The maximum Gasteiger partial charge on any atom is 0.407 e. The number of rotatable bonds is 9. The lowest BCUT2D eigenvalue weighted by molar-refractivity contribution is -0.109. The summed E-state index contributed by atoms with van der Waals surface area (Å²) >= 11 is 0.997. The van der Waals surface area contributed by atoms with E-state index in [1.807, 2.05) is 4.98 Å². The summed E-state index contributed by atoms with van der Waals surface area (Å²) in [6, 6.07) is 1.02. The van der Waals surface area contributed by atoms with Crippen LogP contribution in [0.5, 0.6) is 0 Å². The van der Waals surface area contributed by atoms with Crippen LogP contribution in [-0.2, 0) is 23.1 Å². The second kappa shape index (κ2) is 9.86. The zero-order chi connectivity index (χ0) is 22.7. The number of thioether (sulfide) groups is 1. The van der Waals surface area contributed by atoms with E-state index >= 15 is 4.39 Å². The van der Waals surface area contributed by atoms with Gasteiger partial charge in [-0.25, -0.2) is 18.4 Å². The molecule has 2 rings (SSSR count). The first-order valence-corrected chi connectivity index (χ1v) is 11.4. The van der Waals surface area contributed by atoms with Crippen molar-refractivity contribution in [1.29, 1.82) is 0 Å². The molecule has 1 aromatic heterocycles. The van der Waals surface area contributed by atoms with Gasteiger partial charge in [-0.15, -0.1) is 0 Å². The largest absolute Gasteiger partial charge is 0.407 e. The second-order valence-corrected chi connectivity index (χ2v) is 10.5. The highest BCUT2D eigenvalue weighted by molar-refractivity contribution is 8.13. The number of hydrogen-bond acceptors (Lipinski definition) is 9. The third kappa shape index (κ3) is 5.67. The van der Waals surface area contributed by atoms with Crippen LogP contribution in [0, 0.1) is 0 Å². The molecule has 11 nitrogen and oxygen atoms in total. The molecule has 170 valence electrons. The van der Waals surface area contributed by atoms with E-state index in [0.717, 1.165) is 35.5 Å². The molecular formula is C16H25FN3O8PS. The average molecular weight is 469 g/mol. The zero-order valence-corrected chi connectivity index (χ0v) is 18.7. The van der Waals surface area contributed by atoms with Gasteiger partial charge in [-0.1, -0.05) is 11.8 Å². The molecular weight excluding hydrogens is 444 g/mol. The van der Waals surface area contributed by atoms with Gasteiger partial charge in [0, 0.05) is 24.9 Å². The highest BCUT2D eigenvalue weighted by Crippen LogP contribution is 2.51. The van der Waals surface area contributed by atoms with Crippen LogP contribution in [0.15, 0.2) is 21.9 Å². The Kier molecular flexibility index (Phi) is 8.19.